The van der Waals surface area contributed by atoms with Gasteiger partial charge in [0, 0.05) is 23.5 Å². The molecule has 0 spiro atoms. The molecule has 0 unspecified atom stereocenters. The van der Waals surface area contributed by atoms with Gasteiger partial charge < -0.3 is 0 Å². The molecule has 0 aliphatic heterocycles. The van der Waals surface area contributed by atoms with Gasteiger partial charge in [0.2, 0.25) is 0 Å². The topological polar surface area (TPSA) is 30.0 Å². The number of fused-ring (bicyclic) bond motifs is 1. The summed E-state index contributed by atoms with van der Waals surface area (Å²) in [7, 11) is 0. The van der Waals surface area contributed by atoms with Gasteiger partial charge in [-0.3, -0.25) is 9.78 Å². The first-order valence-corrected chi connectivity index (χ1v) is 6.20. The predicted molar refractivity (Wildman–Crippen MR) is 76.4 cm³/mol. The van der Waals surface area contributed by atoms with Gasteiger partial charge in [-0.05, 0) is 29.3 Å². The first-order valence-electron chi connectivity index (χ1n) is 6.20. The van der Waals surface area contributed by atoms with Crippen molar-refractivity contribution in [1.29, 1.82) is 0 Å². The Bertz CT molecular complexity index is 757. The molecular weight excluding hydrogens is 234 g/mol. The first-order chi connectivity index (χ1) is 9.25. The van der Waals surface area contributed by atoms with Crippen molar-refractivity contribution in [2.75, 3.05) is 0 Å². The molecule has 0 radical (unpaired) electrons. The van der Waals surface area contributed by atoms with E-state index in [4.69, 9.17) is 0 Å². The molecule has 0 saturated carbocycles. The van der Waals surface area contributed by atoms with Crippen LogP contribution in [0.4, 0.5) is 0 Å². The van der Waals surface area contributed by atoms with E-state index in [0.717, 1.165) is 21.9 Å². The van der Waals surface area contributed by atoms with Crippen LogP contribution in [0.2, 0.25) is 0 Å². The Morgan fingerprint density at radius 3 is 2.63 bits per heavy atom. The lowest BCUT2D eigenvalue weighted by Crippen LogP contribution is -2.03. The summed E-state index contributed by atoms with van der Waals surface area (Å²) in [4.78, 5) is 16.7. The van der Waals surface area contributed by atoms with Crippen LogP contribution in [-0.2, 0) is 0 Å². The van der Waals surface area contributed by atoms with Crippen molar-refractivity contribution < 1.29 is 4.79 Å². The summed E-state index contributed by atoms with van der Waals surface area (Å²) < 4.78 is 0. The van der Waals surface area contributed by atoms with Crippen LogP contribution in [0, 0.1) is 6.92 Å². The number of hydrogen-bond acceptors (Lipinski definition) is 2. The number of carbonyl (C=O) groups is 1. The largest absolute Gasteiger partial charge is 0.289 e. The summed E-state index contributed by atoms with van der Waals surface area (Å²) in [6.45, 7) is 1.94. The minimum Gasteiger partial charge on any atom is -0.289 e. The lowest BCUT2D eigenvalue weighted by molar-refractivity contribution is 0.104. The Morgan fingerprint density at radius 1 is 1.00 bits per heavy atom. The van der Waals surface area contributed by atoms with Gasteiger partial charge in [-0.25, -0.2) is 0 Å². The maximum atomic E-state index is 12.6. The molecule has 0 saturated heterocycles. The van der Waals surface area contributed by atoms with Crippen molar-refractivity contribution >= 4 is 16.6 Å². The van der Waals surface area contributed by atoms with E-state index in [1.54, 1.807) is 12.4 Å². The van der Waals surface area contributed by atoms with E-state index in [-0.39, 0.29) is 5.78 Å². The number of nitrogens with zero attached hydrogens (tertiary/aromatic N) is 1. The van der Waals surface area contributed by atoms with Crippen LogP contribution in [0.15, 0.2) is 60.9 Å². The van der Waals surface area contributed by atoms with Gasteiger partial charge >= 0.3 is 0 Å². The number of ketones is 1. The molecule has 2 heteroatoms. The van der Waals surface area contributed by atoms with Gasteiger partial charge in [-0.2, -0.15) is 0 Å². The number of benzene rings is 2. The molecule has 19 heavy (non-hydrogen) atoms. The summed E-state index contributed by atoms with van der Waals surface area (Å²) >= 11 is 0. The van der Waals surface area contributed by atoms with E-state index in [2.05, 4.69) is 4.98 Å². The zero-order chi connectivity index (χ0) is 13.2. The summed E-state index contributed by atoms with van der Waals surface area (Å²) in [5, 5.41) is 2.06. The van der Waals surface area contributed by atoms with Crippen LogP contribution in [0.1, 0.15) is 21.5 Å². The molecule has 2 aromatic carbocycles. The van der Waals surface area contributed by atoms with Crippen LogP contribution >= 0.6 is 0 Å². The van der Waals surface area contributed by atoms with Gasteiger partial charge in [0.05, 0.1) is 0 Å². The maximum absolute atomic E-state index is 12.6. The Morgan fingerprint density at radius 2 is 1.79 bits per heavy atom. The van der Waals surface area contributed by atoms with Crippen molar-refractivity contribution in [2.24, 2.45) is 0 Å². The fourth-order valence-electron chi connectivity index (χ4n) is 2.26. The van der Waals surface area contributed by atoms with Crippen molar-refractivity contribution in [1.82, 2.24) is 4.98 Å². The third-order valence-corrected chi connectivity index (χ3v) is 3.17. The molecule has 2 nitrogen and oxygen atoms in total. The smallest absolute Gasteiger partial charge is 0.195 e. The lowest BCUT2D eigenvalue weighted by Gasteiger charge is -2.06. The Kier molecular flexibility index (Phi) is 2.84. The maximum Gasteiger partial charge on any atom is 0.195 e. The lowest BCUT2D eigenvalue weighted by atomic mass is 9.98. The highest BCUT2D eigenvalue weighted by Gasteiger charge is 2.12. The average Bonchev–Trinajstić information content (AvgIpc) is 2.46. The van der Waals surface area contributed by atoms with Crippen LogP contribution in [0.3, 0.4) is 0 Å². The SMILES string of the molecule is Cc1cncc(C(=O)c2cccc3ccccc23)c1. The molecule has 92 valence electrons. The van der Waals surface area contributed by atoms with Crippen molar-refractivity contribution in [3.05, 3.63) is 77.6 Å². The minimum absolute atomic E-state index is 0.0213. The van der Waals surface area contributed by atoms with E-state index >= 15 is 0 Å². The van der Waals surface area contributed by atoms with Gasteiger partial charge in [0.15, 0.2) is 5.78 Å². The normalized spacial score (nSPS) is 10.6. The molecule has 0 aliphatic carbocycles. The number of pyridine rings is 1. The molecule has 0 fully saturated rings. The average molecular weight is 247 g/mol. The molecule has 0 bridgehead atoms. The quantitative estimate of drug-likeness (QED) is 0.645. The van der Waals surface area contributed by atoms with Gasteiger partial charge in [-0.1, -0.05) is 42.5 Å². The third-order valence-electron chi connectivity index (χ3n) is 3.17. The second-order valence-corrected chi connectivity index (χ2v) is 4.61. The summed E-state index contributed by atoms with van der Waals surface area (Å²) in [5.74, 6) is 0.0213. The molecule has 3 rings (SSSR count). The van der Waals surface area contributed by atoms with Gasteiger partial charge in [0.1, 0.15) is 0 Å². The van der Waals surface area contributed by atoms with Crippen molar-refractivity contribution in [2.45, 2.75) is 6.92 Å². The minimum atomic E-state index is 0.0213. The zero-order valence-electron chi connectivity index (χ0n) is 10.6. The standard InChI is InChI=1S/C17H13NO/c1-12-9-14(11-18-10-12)17(19)16-8-4-6-13-5-2-3-7-15(13)16/h2-11H,1H3. The van der Waals surface area contributed by atoms with Crippen LogP contribution in [0.25, 0.3) is 10.8 Å². The van der Waals surface area contributed by atoms with Crippen LogP contribution < -0.4 is 0 Å². The molecule has 0 atom stereocenters. The molecule has 0 amide bonds. The van der Waals surface area contributed by atoms with Crippen LogP contribution in [0.5, 0.6) is 0 Å². The molecule has 0 aliphatic rings. The summed E-state index contributed by atoms with van der Waals surface area (Å²) in [6, 6.07) is 15.6. The number of rotatable bonds is 2. The number of carbonyl (C=O) groups excluding carboxylic acids is 1. The molecule has 3 aromatic rings. The molecular formula is C17H13NO. The van der Waals surface area contributed by atoms with E-state index < -0.39 is 0 Å². The third kappa shape index (κ3) is 2.13. The Balaban J connectivity index is 2.17. The van der Waals surface area contributed by atoms with E-state index in [1.165, 1.54) is 0 Å². The van der Waals surface area contributed by atoms with Gasteiger partial charge in [-0.15, -0.1) is 0 Å². The van der Waals surface area contributed by atoms with Gasteiger partial charge in [0.25, 0.3) is 0 Å². The predicted octanol–water partition coefficient (Wildman–Crippen LogP) is 3.77. The van der Waals surface area contributed by atoms with Crippen LogP contribution in [-0.4, -0.2) is 10.8 Å². The highest BCUT2D eigenvalue weighted by molar-refractivity contribution is 6.16. The van der Waals surface area contributed by atoms with Crippen molar-refractivity contribution in [3.8, 4) is 0 Å². The molecule has 0 N–H and O–H groups in total. The fourth-order valence-corrected chi connectivity index (χ4v) is 2.26. The Labute approximate surface area is 111 Å². The second kappa shape index (κ2) is 4.65. The molecule has 1 heterocycles. The van der Waals surface area contributed by atoms with E-state index in [9.17, 15) is 4.79 Å². The fraction of sp³-hybridized carbons (Fsp3) is 0.0588. The van der Waals surface area contributed by atoms with E-state index in [1.807, 2.05) is 55.5 Å². The van der Waals surface area contributed by atoms with Crippen molar-refractivity contribution in [3.63, 3.8) is 0 Å². The first kappa shape index (κ1) is 11.6. The zero-order valence-corrected chi connectivity index (χ0v) is 10.6. The molecule has 1 aromatic heterocycles. The number of aromatic nitrogens is 1. The Hall–Kier alpha value is -2.48. The summed E-state index contributed by atoms with van der Waals surface area (Å²) in [6.07, 6.45) is 3.37. The number of aryl methyl sites for hydroxylation is 1. The monoisotopic (exact) mass is 247 g/mol. The summed E-state index contributed by atoms with van der Waals surface area (Å²) in [5.41, 5.74) is 2.35. The van der Waals surface area contributed by atoms with E-state index in [0.29, 0.717) is 5.56 Å². The highest BCUT2D eigenvalue weighted by Crippen LogP contribution is 2.21. The second-order valence-electron chi connectivity index (χ2n) is 4.61. The highest BCUT2D eigenvalue weighted by atomic mass is 16.1. The number of hydrogen-bond donors (Lipinski definition) is 0.